The van der Waals surface area contributed by atoms with Crippen LogP contribution in [0, 0.1) is 0 Å². The van der Waals surface area contributed by atoms with Crippen LogP contribution in [0.2, 0.25) is 5.02 Å². The molecule has 0 aliphatic heterocycles. The van der Waals surface area contributed by atoms with Crippen molar-refractivity contribution in [2.75, 3.05) is 21.3 Å². The Morgan fingerprint density at radius 2 is 1.64 bits per heavy atom. The average molecular weight is 360 g/mol. The van der Waals surface area contributed by atoms with Crippen molar-refractivity contribution in [2.45, 2.75) is 0 Å². The first kappa shape index (κ1) is 18.5. The smallest absolute Gasteiger partial charge is 0.341 e. The van der Waals surface area contributed by atoms with Crippen LogP contribution in [0.4, 0.5) is 0 Å². The summed E-state index contributed by atoms with van der Waals surface area (Å²) in [5, 5.41) is 4.75. The second-order valence-corrected chi connectivity index (χ2v) is 5.37. The number of nitrogens with zero attached hydrogens (tertiary/aromatic N) is 1. The topological polar surface area (TPSA) is 57.1 Å². The van der Waals surface area contributed by atoms with Gasteiger partial charge in [0.15, 0.2) is 0 Å². The van der Waals surface area contributed by atoms with Gasteiger partial charge in [-0.15, -0.1) is 0 Å². The van der Waals surface area contributed by atoms with Crippen LogP contribution in [-0.4, -0.2) is 33.0 Å². The van der Waals surface area contributed by atoms with Crippen molar-refractivity contribution in [3.8, 4) is 0 Å². The molecule has 5 nitrogen and oxygen atoms in total. The molecular weight excluding hydrogens is 342 g/mol. The fourth-order valence-corrected chi connectivity index (χ4v) is 2.46. The van der Waals surface area contributed by atoms with Gasteiger partial charge >= 0.3 is 5.97 Å². The van der Waals surface area contributed by atoms with E-state index in [0.29, 0.717) is 21.9 Å². The van der Waals surface area contributed by atoms with Crippen LogP contribution in [0.15, 0.2) is 59.9 Å². The van der Waals surface area contributed by atoms with Crippen molar-refractivity contribution in [3.05, 3.63) is 76.5 Å². The van der Waals surface area contributed by atoms with Gasteiger partial charge < -0.3 is 14.3 Å². The number of rotatable bonds is 6. The number of halogens is 1. The number of oxime groups is 1. The third kappa shape index (κ3) is 4.39. The van der Waals surface area contributed by atoms with E-state index in [9.17, 15) is 4.79 Å². The number of benzene rings is 2. The molecule has 2 aromatic carbocycles. The van der Waals surface area contributed by atoms with Crippen molar-refractivity contribution >= 4 is 28.9 Å². The molecule has 130 valence electrons. The van der Waals surface area contributed by atoms with Crippen molar-refractivity contribution in [1.29, 1.82) is 0 Å². The predicted molar refractivity (Wildman–Crippen MR) is 97.5 cm³/mol. The first-order chi connectivity index (χ1) is 12.1. The van der Waals surface area contributed by atoms with Crippen LogP contribution in [0.1, 0.15) is 16.7 Å². The van der Waals surface area contributed by atoms with Gasteiger partial charge in [-0.1, -0.05) is 53.2 Å². The normalized spacial score (nSPS) is 11.8. The van der Waals surface area contributed by atoms with Crippen LogP contribution < -0.4 is 0 Å². The van der Waals surface area contributed by atoms with Gasteiger partial charge in [-0.25, -0.2) is 4.79 Å². The van der Waals surface area contributed by atoms with Crippen molar-refractivity contribution in [1.82, 2.24) is 0 Å². The summed E-state index contributed by atoms with van der Waals surface area (Å²) in [5.74, 6) is -0.512. The third-order valence-corrected chi connectivity index (χ3v) is 3.67. The lowest BCUT2D eigenvalue weighted by atomic mass is 9.93. The fourth-order valence-electron chi connectivity index (χ4n) is 2.33. The zero-order chi connectivity index (χ0) is 18.2. The number of carbonyl (C=O) groups is 1. The summed E-state index contributed by atoms with van der Waals surface area (Å²) in [6, 6.07) is 14.5. The van der Waals surface area contributed by atoms with E-state index in [2.05, 4.69) is 5.16 Å². The Labute approximate surface area is 151 Å². The van der Waals surface area contributed by atoms with Gasteiger partial charge in [-0.3, -0.25) is 0 Å². The molecule has 0 amide bonds. The van der Waals surface area contributed by atoms with Crippen molar-refractivity contribution in [2.24, 2.45) is 5.16 Å². The van der Waals surface area contributed by atoms with Crippen LogP contribution >= 0.6 is 11.6 Å². The molecule has 0 radical (unpaired) electrons. The summed E-state index contributed by atoms with van der Waals surface area (Å²) < 4.78 is 9.91. The van der Waals surface area contributed by atoms with E-state index in [1.54, 1.807) is 18.2 Å². The van der Waals surface area contributed by atoms with Gasteiger partial charge in [0.05, 0.1) is 20.5 Å². The lowest BCUT2D eigenvalue weighted by Gasteiger charge is -2.13. The van der Waals surface area contributed by atoms with Gasteiger partial charge in [0.2, 0.25) is 0 Å². The molecule has 0 atom stereocenters. The number of ether oxygens (including phenoxy) is 2. The minimum atomic E-state index is -0.512. The highest BCUT2D eigenvalue weighted by atomic mass is 35.5. The Hall–Kier alpha value is -2.79. The molecule has 0 aliphatic carbocycles. The van der Waals surface area contributed by atoms with Gasteiger partial charge in [0.1, 0.15) is 18.4 Å². The summed E-state index contributed by atoms with van der Waals surface area (Å²) >= 11 is 5.96. The SMILES string of the molecule is CO/C=C(/C(=O)OC)c1ccccc1C(=NOC)c1ccc(Cl)cc1. The first-order valence-electron chi connectivity index (χ1n) is 7.40. The van der Waals surface area contributed by atoms with E-state index in [1.165, 1.54) is 27.6 Å². The maximum absolute atomic E-state index is 12.2. The fraction of sp³-hybridized carbons (Fsp3) is 0.158. The summed E-state index contributed by atoms with van der Waals surface area (Å²) in [6.07, 6.45) is 1.34. The van der Waals surface area contributed by atoms with Gasteiger partial charge in [0, 0.05) is 21.7 Å². The summed E-state index contributed by atoms with van der Waals surface area (Å²) in [6.45, 7) is 0. The number of carbonyl (C=O) groups excluding carboxylic acids is 1. The molecular formula is C19H18ClNO4. The van der Waals surface area contributed by atoms with E-state index in [1.807, 2.05) is 30.3 Å². The van der Waals surface area contributed by atoms with Crippen molar-refractivity contribution < 1.29 is 19.1 Å². The Morgan fingerprint density at radius 1 is 1.00 bits per heavy atom. The molecule has 0 heterocycles. The Balaban J connectivity index is 2.64. The average Bonchev–Trinajstić information content (AvgIpc) is 2.64. The lowest BCUT2D eigenvalue weighted by Crippen LogP contribution is -2.12. The molecule has 2 rings (SSSR count). The third-order valence-electron chi connectivity index (χ3n) is 3.41. The number of methoxy groups -OCH3 is 2. The molecule has 0 aromatic heterocycles. The second kappa shape index (κ2) is 8.89. The summed E-state index contributed by atoms with van der Waals surface area (Å²) in [5.41, 5.74) is 2.93. The van der Waals surface area contributed by atoms with E-state index >= 15 is 0 Å². The molecule has 0 fully saturated rings. The molecule has 25 heavy (non-hydrogen) atoms. The molecule has 0 aliphatic rings. The molecule has 0 spiro atoms. The van der Waals surface area contributed by atoms with Crippen LogP contribution in [0.3, 0.4) is 0 Å². The molecule has 0 N–H and O–H groups in total. The number of hydrogen-bond donors (Lipinski definition) is 0. The molecule has 0 unspecified atom stereocenters. The lowest BCUT2D eigenvalue weighted by molar-refractivity contribution is -0.133. The largest absolute Gasteiger partial charge is 0.503 e. The highest BCUT2D eigenvalue weighted by Crippen LogP contribution is 2.24. The molecule has 0 saturated heterocycles. The van der Waals surface area contributed by atoms with Gasteiger partial charge in [-0.05, 0) is 12.1 Å². The molecule has 0 bridgehead atoms. The number of esters is 1. The Morgan fingerprint density at radius 3 is 2.20 bits per heavy atom. The summed E-state index contributed by atoms with van der Waals surface area (Å²) in [7, 11) is 4.25. The minimum Gasteiger partial charge on any atom is -0.503 e. The predicted octanol–water partition coefficient (Wildman–Crippen LogP) is 3.90. The van der Waals surface area contributed by atoms with E-state index < -0.39 is 5.97 Å². The minimum absolute atomic E-state index is 0.276. The van der Waals surface area contributed by atoms with Crippen molar-refractivity contribution in [3.63, 3.8) is 0 Å². The van der Waals surface area contributed by atoms with E-state index in [-0.39, 0.29) is 5.57 Å². The zero-order valence-electron chi connectivity index (χ0n) is 14.2. The van der Waals surface area contributed by atoms with Crippen LogP contribution in [0.25, 0.3) is 5.57 Å². The van der Waals surface area contributed by atoms with Crippen LogP contribution in [-0.2, 0) is 19.1 Å². The Kier molecular flexibility index (Phi) is 6.60. The van der Waals surface area contributed by atoms with Gasteiger partial charge in [0.25, 0.3) is 0 Å². The molecule has 2 aromatic rings. The van der Waals surface area contributed by atoms with Crippen LogP contribution in [0.5, 0.6) is 0 Å². The standard InChI is InChI=1S/C19H18ClNO4/c1-23-12-17(19(22)24-2)15-6-4-5-7-16(15)18(21-25-3)13-8-10-14(20)11-9-13/h4-12H,1-3H3/b17-12+,21-18?. The van der Waals surface area contributed by atoms with Gasteiger partial charge in [-0.2, -0.15) is 0 Å². The highest BCUT2D eigenvalue weighted by molar-refractivity contribution is 6.30. The van der Waals surface area contributed by atoms with E-state index in [4.69, 9.17) is 25.9 Å². The quantitative estimate of drug-likeness (QED) is 0.258. The summed E-state index contributed by atoms with van der Waals surface area (Å²) in [4.78, 5) is 17.2. The molecule has 6 heteroatoms. The molecule has 0 saturated carbocycles. The zero-order valence-corrected chi connectivity index (χ0v) is 14.9. The highest BCUT2D eigenvalue weighted by Gasteiger charge is 2.20. The Bertz CT molecular complexity index is 797. The van der Waals surface area contributed by atoms with E-state index in [0.717, 1.165) is 5.56 Å². The second-order valence-electron chi connectivity index (χ2n) is 4.93. The maximum Gasteiger partial charge on any atom is 0.341 e. The number of hydrogen-bond acceptors (Lipinski definition) is 5. The first-order valence-corrected chi connectivity index (χ1v) is 7.78. The maximum atomic E-state index is 12.2. The monoisotopic (exact) mass is 359 g/mol.